The predicted octanol–water partition coefficient (Wildman–Crippen LogP) is 0.172. The summed E-state index contributed by atoms with van der Waals surface area (Å²) in [7, 11) is 0. The number of piperazine rings is 1. The molecule has 2 N–H and O–H groups in total. The monoisotopic (exact) mass is 281 g/mol. The second-order valence-electron chi connectivity index (χ2n) is 5.56. The van der Waals surface area contributed by atoms with Crippen molar-refractivity contribution >= 4 is 17.7 Å². The maximum absolute atomic E-state index is 12.1. The molecule has 20 heavy (non-hydrogen) atoms. The zero-order chi connectivity index (χ0) is 14.5. The average molecular weight is 281 g/mol. The molecule has 0 spiro atoms. The van der Waals surface area contributed by atoms with Gasteiger partial charge in [-0.25, -0.2) is 0 Å². The van der Waals surface area contributed by atoms with Crippen molar-refractivity contribution in [2.45, 2.75) is 57.5 Å². The van der Waals surface area contributed by atoms with Crippen LogP contribution in [0.1, 0.15) is 45.4 Å². The van der Waals surface area contributed by atoms with Gasteiger partial charge in [-0.1, -0.05) is 26.2 Å². The Hall–Kier alpha value is -1.43. The zero-order valence-corrected chi connectivity index (χ0v) is 12.0. The van der Waals surface area contributed by atoms with E-state index in [1.54, 1.807) is 0 Å². The van der Waals surface area contributed by atoms with E-state index in [2.05, 4.69) is 10.6 Å². The van der Waals surface area contributed by atoms with Gasteiger partial charge < -0.3 is 5.32 Å². The topological polar surface area (TPSA) is 78.5 Å². The van der Waals surface area contributed by atoms with Gasteiger partial charge in [0.2, 0.25) is 17.7 Å². The largest absolute Gasteiger partial charge is 0.352 e. The number of hydrogen-bond acceptors (Lipinski definition) is 4. The quantitative estimate of drug-likeness (QED) is 0.720. The van der Waals surface area contributed by atoms with Crippen molar-refractivity contribution in [2.75, 3.05) is 13.1 Å². The number of rotatable bonds is 4. The van der Waals surface area contributed by atoms with Gasteiger partial charge in [0, 0.05) is 6.04 Å². The molecule has 0 aromatic carbocycles. The van der Waals surface area contributed by atoms with Crippen LogP contribution in [-0.2, 0) is 14.4 Å². The maximum Gasteiger partial charge on any atom is 0.246 e. The van der Waals surface area contributed by atoms with Crippen LogP contribution in [0.4, 0.5) is 0 Å². The number of nitrogens with one attached hydrogen (secondary N) is 2. The second kappa shape index (κ2) is 6.83. The number of carbonyl (C=O) groups excluding carboxylic acids is 3. The molecule has 1 saturated heterocycles. The summed E-state index contributed by atoms with van der Waals surface area (Å²) in [5, 5.41) is 5.82. The first-order chi connectivity index (χ1) is 9.61. The molecule has 1 unspecified atom stereocenters. The van der Waals surface area contributed by atoms with Crippen LogP contribution in [0.2, 0.25) is 0 Å². The molecule has 0 radical (unpaired) electrons. The van der Waals surface area contributed by atoms with Crippen LogP contribution in [0.5, 0.6) is 0 Å². The van der Waals surface area contributed by atoms with Gasteiger partial charge in [0.15, 0.2) is 0 Å². The Labute approximate surface area is 119 Å². The van der Waals surface area contributed by atoms with Crippen molar-refractivity contribution in [3.8, 4) is 0 Å². The van der Waals surface area contributed by atoms with Gasteiger partial charge in [-0.05, 0) is 19.3 Å². The van der Waals surface area contributed by atoms with Gasteiger partial charge in [0.25, 0.3) is 0 Å². The van der Waals surface area contributed by atoms with Gasteiger partial charge in [-0.3, -0.25) is 24.6 Å². The summed E-state index contributed by atoms with van der Waals surface area (Å²) in [5.41, 5.74) is 0. The number of carbonyl (C=O) groups is 3. The van der Waals surface area contributed by atoms with Crippen LogP contribution in [0, 0.1) is 0 Å². The average Bonchev–Trinajstić information content (AvgIpc) is 2.45. The fourth-order valence-electron chi connectivity index (χ4n) is 2.85. The van der Waals surface area contributed by atoms with Crippen molar-refractivity contribution in [1.29, 1.82) is 0 Å². The number of hydrogen-bond donors (Lipinski definition) is 2. The summed E-state index contributed by atoms with van der Waals surface area (Å²) in [5.74, 6) is -0.837. The number of nitrogens with zero attached hydrogens (tertiary/aromatic N) is 1. The molecule has 2 aliphatic rings. The highest BCUT2D eigenvalue weighted by Crippen LogP contribution is 2.17. The van der Waals surface area contributed by atoms with Crippen molar-refractivity contribution in [2.24, 2.45) is 0 Å². The Bertz CT molecular complexity index is 391. The predicted molar refractivity (Wildman–Crippen MR) is 73.8 cm³/mol. The summed E-state index contributed by atoms with van der Waals surface area (Å²) >= 11 is 0. The van der Waals surface area contributed by atoms with Crippen molar-refractivity contribution < 1.29 is 14.4 Å². The third-order valence-corrected chi connectivity index (χ3v) is 4.05. The fourth-order valence-corrected chi connectivity index (χ4v) is 2.85. The maximum atomic E-state index is 12.1. The second-order valence-corrected chi connectivity index (χ2v) is 5.56. The third kappa shape index (κ3) is 3.56. The molecule has 1 aliphatic heterocycles. The Morgan fingerprint density at radius 3 is 2.65 bits per heavy atom. The van der Waals surface area contributed by atoms with Crippen LogP contribution in [0.25, 0.3) is 0 Å². The third-order valence-electron chi connectivity index (χ3n) is 4.05. The molecule has 112 valence electrons. The molecule has 1 saturated carbocycles. The molecule has 3 amide bonds. The van der Waals surface area contributed by atoms with Crippen LogP contribution in [0.15, 0.2) is 0 Å². The summed E-state index contributed by atoms with van der Waals surface area (Å²) in [6, 6.07) is -0.151. The smallest absolute Gasteiger partial charge is 0.246 e. The Morgan fingerprint density at radius 2 is 2.00 bits per heavy atom. The normalized spacial score (nSPS) is 24.9. The molecular weight excluding hydrogens is 258 g/mol. The van der Waals surface area contributed by atoms with Crippen LogP contribution < -0.4 is 10.6 Å². The van der Waals surface area contributed by atoms with Crippen LogP contribution in [-0.4, -0.2) is 47.8 Å². The first-order valence-corrected chi connectivity index (χ1v) is 7.48. The van der Waals surface area contributed by atoms with E-state index in [0.717, 1.165) is 30.6 Å². The van der Waals surface area contributed by atoms with E-state index < -0.39 is 0 Å². The van der Waals surface area contributed by atoms with E-state index >= 15 is 0 Å². The standard InChI is InChI=1S/C14H23N3O3/c1-2-11-14(20)17(13(19)8-15-11)9-12(18)16-10-6-4-3-5-7-10/h10-11,15H,2-9H2,1H3,(H,16,18). The molecule has 2 rings (SSSR count). The molecule has 6 nitrogen and oxygen atoms in total. The molecule has 2 fully saturated rings. The van der Waals surface area contributed by atoms with Crippen LogP contribution >= 0.6 is 0 Å². The molecular formula is C14H23N3O3. The lowest BCUT2D eigenvalue weighted by Crippen LogP contribution is -2.60. The minimum Gasteiger partial charge on any atom is -0.352 e. The number of amides is 3. The minimum absolute atomic E-state index is 0.126. The summed E-state index contributed by atoms with van der Waals surface area (Å²) in [6.07, 6.45) is 6.09. The van der Waals surface area contributed by atoms with Gasteiger partial charge in [0.1, 0.15) is 6.54 Å². The highest BCUT2D eigenvalue weighted by Gasteiger charge is 2.34. The molecule has 1 atom stereocenters. The molecule has 0 bridgehead atoms. The lowest BCUT2D eigenvalue weighted by molar-refractivity contribution is -0.152. The van der Waals surface area contributed by atoms with E-state index in [9.17, 15) is 14.4 Å². The first-order valence-electron chi connectivity index (χ1n) is 7.48. The lowest BCUT2D eigenvalue weighted by Gasteiger charge is -2.31. The van der Waals surface area contributed by atoms with Gasteiger partial charge in [-0.15, -0.1) is 0 Å². The Kier molecular flexibility index (Phi) is 5.11. The lowest BCUT2D eigenvalue weighted by atomic mass is 9.95. The van der Waals surface area contributed by atoms with E-state index in [1.165, 1.54) is 6.42 Å². The fraction of sp³-hybridized carbons (Fsp3) is 0.786. The van der Waals surface area contributed by atoms with Gasteiger partial charge >= 0.3 is 0 Å². The molecule has 6 heteroatoms. The number of imide groups is 1. The molecule has 1 aliphatic carbocycles. The highest BCUT2D eigenvalue weighted by atomic mass is 16.2. The van der Waals surface area contributed by atoms with Gasteiger partial charge in [0.05, 0.1) is 12.6 Å². The van der Waals surface area contributed by atoms with Gasteiger partial charge in [-0.2, -0.15) is 0 Å². The van der Waals surface area contributed by atoms with E-state index in [1.807, 2.05) is 6.92 Å². The summed E-state index contributed by atoms with van der Waals surface area (Å²) < 4.78 is 0. The zero-order valence-electron chi connectivity index (χ0n) is 12.0. The molecule has 0 aromatic rings. The van der Waals surface area contributed by atoms with E-state index in [4.69, 9.17) is 0 Å². The first kappa shape index (κ1) is 15.0. The SMILES string of the molecule is CCC1NCC(=O)N(CC(=O)NC2CCCCC2)C1=O. The van der Waals surface area contributed by atoms with Crippen molar-refractivity contribution in [1.82, 2.24) is 15.5 Å². The molecule has 0 aromatic heterocycles. The molecule has 1 heterocycles. The van der Waals surface area contributed by atoms with Crippen molar-refractivity contribution in [3.63, 3.8) is 0 Å². The van der Waals surface area contributed by atoms with Crippen molar-refractivity contribution in [3.05, 3.63) is 0 Å². The Morgan fingerprint density at radius 1 is 1.30 bits per heavy atom. The van der Waals surface area contributed by atoms with E-state index in [-0.39, 0.29) is 42.9 Å². The summed E-state index contributed by atoms with van der Waals surface area (Å²) in [4.78, 5) is 36.9. The summed E-state index contributed by atoms with van der Waals surface area (Å²) in [6.45, 7) is 1.86. The van der Waals surface area contributed by atoms with Crippen LogP contribution in [0.3, 0.4) is 0 Å². The highest BCUT2D eigenvalue weighted by molar-refractivity contribution is 6.03. The van der Waals surface area contributed by atoms with E-state index in [0.29, 0.717) is 6.42 Å². The minimum atomic E-state index is -0.352. The Balaban J connectivity index is 1.88.